The topological polar surface area (TPSA) is 49.8 Å². The zero-order valence-electron chi connectivity index (χ0n) is 3.76. The summed E-state index contributed by atoms with van der Waals surface area (Å²) in [5.41, 5.74) is -0.792. The van der Waals surface area contributed by atoms with Crippen molar-refractivity contribution in [3.8, 4) is 0 Å². The van der Waals surface area contributed by atoms with E-state index in [0.717, 1.165) is 0 Å². The molecule has 1 rings (SSSR count). The number of epoxide rings is 1. The highest BCUT2D eigenvalue weighted by Gasteiger charge is 2.44. The van der Waals surface area contributed by atoms with Crippen LogP contribution in [0.3, 0.4) is 0 Å². The normalized spacial score (nSPS) is 37.9. The van der Waals surface area contributed by atoms with Crippen molar-refractivity contribution in [3.05, 3.63) is 0 Å². The number of rotatable bonds is 2. The number of hydrogen-bond acceptors (Lipinski definition) is 3. The molecule has 3 nitrogen and oxygen atoms in total. The van der Waals surface area contributed by atoms with Crippen molar-refractivity contribution in [3.63, 3.8) is 0 Å². The summed E-state index contributed by atoms with van der Waals surface area (Å²) in [6, 6.07) is 0. The summed E-state index contributed by atoms with van der Waals surface area (Å²) in [6.45, 7) is 0.198. The standard InChI is InChI=1S/C4H6O3/c5-1-4(2-6)3-7-4/h1,6H,2-3H2. The van der Waals surface area contributed by atoms with Gasteiger partial charge in [0.2, 0.25) is 0 Å². The van der Waals surface area contributed by atoms with Gasteiger partial charge in [-0.3, -0.25) is 4.79 Å². The maximum absolute atomic E-state index is 9.84. The molecule has 0 aromatic heterocycles. The number of aldehydes is 1. The van der Waals surface area contributed by atoms with Crippen molar-refractivity contribution in [2.75, 3.05) is 13.2 Å². The molecule has 0 aromatic carbocycles. The first-order valence-electron chi connectivity index (χ1n) is 2.04. The molecule has 0 bridgehead atoms. The van der Waals surface area contributed by atoms with Crippen LogP contribution in [0.1, 0.15) is 0 Å². The fourth-order valence-electron chi connectivity index (χ4n) is 0.289. The van der Waals surface area contributed by atoms with E-state index in [9.17, 15) is 4.79 Å². The zero-order chi connectivity index (χ0) is 5.33. The predicted octanol–water partition coefficient (Wildman–Crippen LogP) is -1.05. The van der Waals surface area contributed by atoms with Crippen LogP contribution in [0.5, 0.6) is 0 Å². The summed E-state index contributed by atoms with van der Waals surface area (Å²) in [6.07, 6.45) is 0.632. The monoisotopic (exact) mass is 102 g/mol. The lowest BCUT2D eigenvalue weighted by Crippen LogP contribution is -2.17. The third-order valence-corrected chi connectivity index (χ3v) is 0.998. The number of aliphatic hydroxyl groups excluding tert-OH is 1. The van der Waals surface area contributed by atoms with Gasteiger partial charge in [-0.05, 0) is 0 Å². The van der Waals surface area contributed by atoms with Gasteiger partial charge in [-0.25, -0.2) is 0 Å². The Kier molecular flexibility index (Phi) is 0.867. The Balaban J connectivity index is 2.42. The van der Waals surface area contributed by atoms with Crippen LogP contribution in [0.2, 0.25) is 0 Å². The third kappa shape index (κ3) is 0.642. The molecule has 1 fully saturated rings. The van der Waals surface area contributed by atoms with E-state index < -0.39 is 5.60 Å². The van der Waals surface area contributed by atoms with Crippen molar-refractivity contribution < 1.29 is 14.6 Å². The van der Waals surface area contributed by atoms with Gasteiger partial charge >= 0.3 is 0 Å². The van der Waals surface area contributed by atoms with Crippen molar-refractivity contribution in [2.24, 2.45) is 0 Å². The van der Waals surface area contributed by atoms with Gasteiger partial charge in [-0.15, -0.1) is 0 Å². The minimum atomic E-state index is -0.792. The van der Waals surface area contributed by atoms with E-state index in [1.807, 2.05) is 0 Å². The fraction of sp³-hybridized carbons (Fsp3) is 0.750. The average Bonchev–Trinajstić information content (AvgIpc) is 2.46. The van der Waals surface area contributed by atoms with Crippen molar-refractivity contribution in [1.29, 1.82) is 0 Å². The Bertz CT molecular complexity index is 84.9. The van der Waals surface area contributed by atoms with Crippen LogP contribution in [-0.2, 0) is 9.53 Å². The summed E-state index contributed by atoms with van der Waals surface area (Å²) in [5.74, 6) is 0. The van der Waals surface area contributed by atoms with E-state index in [-0.39, 0.29) is 6.61 Å². The summed E-state index contributed by atoms with van der Waals surface area (Å²) >= 11 is 0. The Morgan fingerprint density at radius 2 is 2.57 bits per heavy atom. The summed E-state index contributed by atoms with van der Waals surface area (Å²) < 4.78 is 4.58. The summed E-state index contributed by atoms with van der Waals surface area (Å²) in [7, 11) is 0. The number of hydrogen-bond donors (Lipinski definition) is 1. The summed E-state index contributed by atoms with van der Waals surface area (Å²) in [4.78, 5) is 9.84. The van der Waals surface area contributed by atoms with Crippen LogP contribution >= 0.6 is 0 Å². The maximum Gasteiger partial charge on any atom is 0.169 e. The molecular weight excluding hydrogens is 96.0 g/mol. The molecule has 0 aliphatic carbocycles. The summed E-state index contributed by atoms with van der Waals surface area (Å²) in [5, 5.41) is 8.30. The van der Waals surface area contributed by atoms with Crippen molar-refractivity contribution >= 4 is 6.29 Å². The van der Waals surface area contributed by atoms with E-state index in [0.29, 0.717) is 12.9 Å². The second-order valence-corrected chi connectivity index (χ2v) is 1.63. The van der Waals surface area contributed by atoms with Gasteiger partial charge in [0.15, 0.2) is 11.9 Å². The Morgan fingerprint density at radius 1 is 2.00 bits per heavy atom. The van der Waals surface area contributed by atoms with Gasteiger partial charge in [0.1, 0.15) is 0 Å². The van der Waals surface area contributed by atoms with E-state index in [4.69, 9.17) is 5.11 Å². The van der Waals surface area contributed by atoms with Crippen LogP contribution in [0.15, 0.2) is 0 Å². The molecule has 0 aromatic rings. The van der Waals surface area contributed by atoms with Crippen LogP contribution in [0.4, 0.5) is 0 Å². The van der Waals surface area contributed by atoms with Gasteiger partial charge in [0.25, 0.3) is 0 Å². The molecule has 1 aliphatic rings. The van der Waals surface area contributed by atoms with E-state index in [1.54, 1.807) is 0 Å². The number of aliphatic hydroxyl groups is 1. The zero-order valence-corrected chi connectivity index (χ0v) is 3.76. The maximum atomic E-state index is 9.84. The van der Waals surface area contributed by atoms with Crippen molar-refractivity contribution in [2.45, 2.75) is 5.60 Å². The van der Waals surface area contributed by atoms with Gasteiger partial charge < -0.3 is 9.84 Å². The highest BCUT2D eigenvalue weighted by Crippen LogP contribution is 2.22. The van der Waals surface area contributed by atoms with Gasteiger partial charge in [0, 0.05) is 0 Å². The molecule has 0 radical (unpaired) electrons. The predicted molar refractivity (Wildman–Crippen MR) is 21.8 cm³/mol. The molecule has 1 atom stereocenters. The Morgan fingerprint density at radius 3 is 2.57 bits per heavy atom. The first-order chi connectivity index (χ1) is 3.33. The molecule has 40 valence electrons. The second-order valence-electron chi connectivity index (χ2n) is 1.63. The molecule has 0 spiro atoms. The van der Waals surface area contributed by atoms with E-state index >= 15 is 0 Å². The van der Waals surface area contributed by atoms with E-state index in [1.165, 1.54) is 0 Å². The van der Waals surface area contributed by atoms with Crippen LogP contribution < -0.4 is 0 Å². The lowest BCUT2D eigenvalue weighted by atomic mass is 10.2. The molecule has 1 heterocycles. The quantitative estimate of drug-likeness (QED) is 0.357. The van der Waals surface area contributed by atoms with E-state index in [2.05, 4.69) is 4.74 Å². The molecular formula is C4H6O3. The third-order valence-electron chi connectivity index (χ3n) is 0.998. The number of carbonyl (C=O) groups excluding carboxylic acids is 1. The Labute approximate surface area is 40.9 Å². The fourth-order valence-corrected chi connectivity index (χ4v) is 0.289. The smallest absolute Gasteiger partial charge is 0.169 e. The second kappa shape index (κ2) is 1.28. The van der Waals surface area contributed by atoms with Gasteiger partial charge in [0.05, 0.1) is 13.2 Å². The SMILES string of the molecule is O=CC1(CO)CO1. The highest BCUT2D eigenvalue weighted by atomic mass is 16.6. The van der Waals surface area contributed by atoms with Crippen molar-refractivity contribution in [1.82, 2.24) is 0 Å². The van der Waals surface area contributed by atoms with Crippen LogP contribution in [0.25, 0.3) is 0 Å². The number of carbonyl (C=O) groups is 1. The molecule has 0 saturated carbocycles. The minimum absolute atomic E-state index is 0.184. The molecule has 1 aliphatic heterocycles. The molecule has 7 heavy (non-hydrogen) atoms. The van der Waals surface area contributed by atoms with Crippen LogP contribution in [-0.4, -0.2) is 30.2 Å². The molecule has 1 N–H and O–H groups in total. The Hall–Kier alpha value is -0.410. The molecule has 3 heteroatoms. The largest absolute Gasteiger partial charge is 0.393 e. The first-order valence-corrected chi connectivity index (χ1v) is 2.04. The van der Waals surface area contributed by atoms with Gasteiger partial charge in [-0.1, -0.05) is 0 Å². The van der Waals surface area contributed by atoms with Gasteiger partial charge in [-0.2, -0.15) is 0 Å². The molecule has 1 saturated heterocycles. The first kappa shape index (κ1) is 4.74. The lowest BCUT2D eigenvalue weighted by Gasteiger charge is -1.90. The molecule has 1 unspecified atom stereocenters. The lowest BCUT2D eigenvalue weighted by molar-refractivity contribution is -0.113. The highest BCUT2D eigenvalue weighted by molar-refractivity contribution is 5.66. The minimum Gasteiger partial charge on any atom is -0.393 e. The number of ether oxygens (including phenoxy) is 1. The average molecular weight is 102 g/mol. The van der Waals surface area contributed by atoms with Crippen LogP contribution in [0, 0.1) is 0 Å². The molecule has 0 amide bonds.